The summed E-state index contributed by atoms with van der Waals surface area (Å²) in [7, 11) is -3.88. The van der Waals surface area contributed by atoms with Crippen LogP contribution in [0.1, 0.15) is 66.1 Å². The number of carbonyl (C=O) groups is 1. The van der Waals surface area contributed by atoms with Crippen LogP contribution in [0.2, 0.25) is 0 Å². The van der Waals surface area contributed by atoms with Gasteiger partial charge in [0.2, 0.25) is 10.0 Å². The van der Waals surface area contributed by atoms with Crippen LogP contribution in [-0.2, 0) is 52.2 Å². The molecule has 15 heteroatoms. The molecule has 0 saturated heterocycles. The van der Waals surface area contributed by atoms with E-state index in [0.29, 0.717) is 36.5 Å². The molecule has 1 aliphatic heterocycles. The molecule has 6 rings (SSSR count). The average molecular weight is 730 g/mol. The van der Waals surface area contributed by atoms with Gasteiger partial charge in [0, 0.05) is 25.8 Å². The number of benzene rings is 3. The first-order valence-electron chi connectivity index (χ1n) is 17.0. The highest BCUT2D eigenvalue weighted by atomic mass is 32.2. The summed E-state index contributed by atoms with van der Waals surface area (Å²) in [6.45, 7) is 8.15. The van der Waals surface area contributed by atoms with Crippen LogP contribution < -0.4 is 4.74 Å². The average Bonchev–Trinajstić information content (AvgIpc) is 3.72. The Morgan fingerprint density at radius 3 is 2.33 bits per heavy atom. The number of aryl methyl sites for hydroxylation is 1. The van der Waals surface area contributed by atoms with Gasteiger partial charge in [0.15, 0.2) is 0 Å². The number of sulfonamides is 1. The van der Waals surface area contributed by atoms with E-state index in [-0.39, 0.29) is 37.3 Å². The molecule has 52 heavy (non-hydrogen) atoms. The lowest BCUT2D eigenvalue weighted by Gasteiger charge is -2.31. The Bertz CT molecular complexity index is 2150. The number of para-hydroxylation sites is 1. The number of rotatable bonds is 14. The molecule has 0 bridgehead atoms. The number of aliphatic hydroxyl groups is 1. The van der Waals surface area contributed by atoms with Crippen molar-refractivity contribution in [3.63, 3.8) is 0 Å². The zero-order valence-corrected chi connectivity index (χ0v) is 30.4. The third kappa shape index (κ3) is 8.23. The van der Waals surface area contributed by atoms with E-state index in [4.69, 9.17) is 14.6 Å². The van der Waals surface area contributed by atoms with E-state index < -0.39 is 27.5 Å². The molecule has 3 heterocycles. The van der Waals surface area contributed by atoms with E-state index in [1.807, 2.05) is 56.4 Å². The van der Waals surface area contributed by atoms with Crippen LogP contribution in [0.4, 0.5) is 0 Å². The summed E-state index contributed by atoms with van der Waals surface area (Å²) < 4.78 is 44.6. The molecule has 0 amide bonds. The number of ether oxygens (including phenoxy) is 2. The second kappa shape index (κ2) is 15.3. The Balaban J connectivity index is 1.18. The summed E-state index contributed by atoms with van der Waals surface area (Å²) in [5.74, 6) is -0.724. The van der Waals surface area contributed by atoms with Crippen LogP contribution >= 0.6 is 0 Å². The highest BCUT2D eigenvalue weighted by Crippen LogP contribution is 2.39. The molecular formula is C37H43N7O7S. The Hall–Kier alpha value is -4.96. The Kier molecular flexibility index (Phi) is 10.9. The predicted octanol–water partition coefficient (Wildman–Crippen LogP) is 4.15. The second-order valence-corrected chi connectivity index (χ2v) is 15.6. The number of carboxylic acids is 1. The molecule has 0 spiro atoms. The Morgan fingerprint density at radius 2 is 1.63 bits per heavy atom. The van der Waals surface area contributed by atoms with Crippen molar-refractivity contribution in [1.29, 1.82) is 0 Å². The molecule has 2 N–H and O–H groups in total. The summed E-state index contributed by atoms with van der Waals surface area (Å²) >= 11 is 0. The van der Waals surface area contributed by atoms with Gasteiger partial charge in [-0.2, -0.15) is 4.31 Å². The minimum atomic E-state index is -3.88. The monoisotopic (exact) mass is 729 g/mol. The topological polar surface area (TPSA) is 175 Å². The van der Waals surface area contributed by atoms with E-state index in [1.165, 1.54) is 4.31 Å². The quantitative estimate of drug-likeness (QED) is 0.168. The van der Waals surface area contributed by atoms with Gasteiger partial charge in [-0.15, -0.1) is 10.2 Å². The Labute approximate surface area is 302 Å². The fraction of sp³-hybridized carbons (Fsp3) is 0.378. The molecule has 1 unspecified atom stereocenters. The zero-order valence-electron chi connectivity index (χ0n) is 29.6. The van der Waals surface area contributed by atoms with Gasteiger partial charge in [-0.05, 0) is 67.6 Å². The number of nitrogens with zero attached hydrogens (tertiary/aromatic N) is 7. The van der Waals surface area contributed by atoms with Crippen molar-refractivity contribution in [2.75, 3.05) is 13.2 Å². The van der Waals surface area contributed by atoms with Crippen LogP contribution in [0.25, 0.3) is 0 Å². The maximum absolute atomic E-state index is 13.8. The van der Waals surface area contributed by atoms with Crippen molar-refractivity contribution in [2.45, 2.75) is 77.5 Å². The fourth-order valence-corrected chi connectivity index (χ4v) is 7.85. The van der Waals surface area contributed by atoms with Crippen molar-refractivity contribution in [3.05, 3.63) is 118 Å². The lowest BCUT2D eigenvalue weighted by Crippen LogP contribution is -2.36. The molecule has 2 aromatic heterocycles. The van der Waals surface area contributed by atoms with Crippen molar-refractivity contribution < 1.29 is 32.9 Å². The molecule has 0 saturated carbocycles. The lowest BCUT2D eigenvalue weighted by atomic mass is 9.81. The first-order valence-corrected chi connectivity index (χ1v) is 18.4. The van der Waals surface area contributed by atoms with Gasteiger partial charge in [-0.3, -0.25) is 4.79 Å². The maximum Gasteiger partial charge on any atom is 0.312 e. The van der Waals surface area contributed by atoms with Crippen LogP contribution in [-0.4, -0.2) is 78.1 Å². The normalized spacial score (nSPS) is 16.5. The number of hydrogen-bond donors (Lipinski definition) is 2. The number of aromatic nitrogens is 6. The first-order chi connectivity index (χ1) is 24.8. The maximum atomic E-state index is 13.8. The third-order valence-electron chi connectivity index (χ3n) is 9.10. The second-order valence-electron chi connectivity index (χ2n) is 13.7. The van der Waals surface area contributed by atoms with Gasteiger partial charge in [-0.1, -0.05) is 65.0 Å². The van der Waals surface area contributed by atoms with Crippen LogP contribution in [0.3, 0.4) is 0 Å². The Morgan fingerprint density at radius 1 is 0.962 bits per heavy atom. The van der Waals surface area contributed by atoms with E-state index >= 15 is 0 Å². The third-order valence-corrected chi connectivity index (χ3v) is 11.0. The molecule has 14 nitrogen and oxygen atoms in total. The predicted molar refractivity (Wildman–Crippen MR) is 190 cm³/mol. The molecule has 274 valence electrons. The minimum absolute atomic E-state index is 0.000754. The smallest absolute Gasteiger partial charge is 0.312 e. The highest BCUT2D eigenvalue weighted by Gasteiger charge is 2.40. The van der Waals surface area contributed by atoms with Crippen LogP contribution in [0, 0.1) is 12.3 Å². The highest BCUT2D eigenvalue weighted by molar-refractivity contribution is 7.89. The van der Waals surface area contributed by atoms with E-state index in [9.17, 15) is 18.3 Å². The SMILES string of the molecule is Cc1ccc(C(OCc2cn(Cc3cccc(Cn4cc(CCO)nn4)c3)nn2)C(C)(C)C(=O)O)cc1CN1C[C@@H](C)Oc2ccccc2S1(=O)=O. The largest absolute Gasteiger partial charge is 0.488 e. The molecule has 0 fully saturated rings. The molecule has 3 aromatic carbocycles. The van der Waals surface area contributed by atoms with Crippen LogP contribution in [0.5, 0.6) is 5.75 Å². The standard InChI is InChI=1S/C37H43N7O7S/c1-25-12-13-29(17-30(25)21-44-18-26(2)51-33-10-5-6-11-34(33)52(44,48)49)35(37(3,4)36(46)47)50-24-32-23-43(41-39-32)20-28-9-7-8-27(16-28)19-42-22-31(14-15-45)38-40-42/h5-13,16-17,22-23,26,35,45H,14-15,18-21,24H2,1-4H3,(H,46,47)/t26-,35?/m1/s1. The van der Waals surface area contributed by atoms with Crippen LogP contribution in [0.15, 0.2) is 84.0 Å². The minimum Gasteiger partial charge on any atom is -0.488 e. The molecule has 0 radical (unpaired) electrons. The van der Waals surface area contributed by atoms with Gasteiger partial charge >= 0.3 is 5.97 Å². The number of hydrogen-bond acceptors (Lipinski definition) is 10. The van der Waals surface area contributed by atoms with Crippen molar-refractivity contribution >= 4 is 16.0 Å². The number of carboxylic acid groups (broad SMARTS) is 1. The summed E-state index contributed by atoms with van der Waals surface area (Å²) in [5, 5.41) is 36.2. The van der Waals surface area contributed by atoms with Gasteiger partial charge in [0.1, 0.15) is 22.4 Å². The summed E-state index contributed by atoms with van der Waals surface area (Å²) in [6.07, 6.45) is 2.76. The van der Waals surface area contributed by atoms with E-state index in [0.717, 1.165) is 27.9 Å². The van der Waals surface area contributed by atoms with Gasteiger partial charge < -0.3 is 19.7 Å². The molecule has 5 aromatic rings. The molecule has 1 aliphatic rings. The van der Waals surface area contributed by atoms with Gasteiger partial charge in [0.25, 0.3) is 0 Å². The zero-order chi connectivity index (χ0) is 37.0. The van der Waals surface area contributed by atoms with Crippen molar-refractivity contribution in [3.8, 4) is 5.75 Å². The lowest BCUT2D eigenvalue weighted by molar-refractivity contribution is -0.158. The van der Waals surface area contributed by atoms with Gasteiger partial charge in [0.05, 0.1) is 49.7 Å². The summed E-state index contributed by atoms with van der Waals surface area (Å²) in [5.41, 5.74) is 4.12. The fourth-order valence-electron chi connectivity index (χ4n) is 6.23. The number of fused-ring (bicyclic) bond motifs is 1. The summed E-state index contributed by atoms with van der Waals surface area (Å²) in [4.78, 5) is 12.7. The molecular weight excluding hydrogens is 687 g/mol. The molecule has 0 aliphatic carbocycles. The van der Waals surface area contributed by atoms with E-state index in [1.54, 1.807) is 53.7 Å². The first kappa shape index (κ1) is 36.8. The van der Waals surface area contributed by atoms with E-state index in [2.05, 4.69) is 26.7 Å². The number of aliphatic carboxylic acids is 1. The summed E-state index contributed by atoms with van der Waals surface area (Å²) in [6, 6.07) is 20.1. The van der Waals surface area contributed by atoms with Gasteiger partial charge in [-0.25, -0.2) is 17.8 Å². The molecule has 2 atom stereocenters. The number of aliphatic hydroxyl groups excluding tert-OH is 1. The van der Waals surface area contributed by atoms with Crippen molar-refractivity contribution in [2.24, 2.45) is 5.41 Å². The van der Waals surface area contributed by atoms with Crippen molar-refractivity contribution in [1.82, 2.24) is 34.3 Å².